The normalized spacial score (nSPS) is 8.12. The molecule has 17 heavy (non-hydrogen) atoms. The monoisotopic (exact) mass is 427 g/mol. The Kier molecular flexibility index (Phi) is 16.3. The molecule has 0 unspecified atom stereocenters. The molecule has 0 bridgehead atoms. The van der Waals surface area contributed by atoms with Crippen molar-refractivity contribution in [1.29, 1.82) is 0 Å². The van der Waals surface area contributed by atoms with Crippen molar-refractivity contribution in [3.05, 3.63) is 0 Å². The number of carboxylic acid groups (broad SMARTS) is 2. The molecule has 0 saturated heterocycles. The first-order valence-corrected chi connectivity index (χ1v) is 4.80. The zero-order chi connectivity index (χ0) is 13.1. The van der Waals surface area contributed by atoms with Crippen LogP contribution in [0.2, 0.25) is 0 Å². The Hall–Kier alpha value is -1.03. The van der Waals surface area contributed by atoms with Gasteiger partial charge in [-0.15, -0.1) is 0 Å². The number of carbonyl (C=O) groups is 4. The minimum Gasteiger partial charge on any atom is -0.481 e. The summed E-state index contributed by atoms with van der Waals surface area (Å²) >= 11 is 0. The molecule has 2 N–H and O–H groups in total. The minimum atomic E-state index is -1.04. The van der Waals surface area contributed by atoms with Gasteiger partial charge in [0.15, 0.2) is 0 Å². The zero-order valence-corrected chi connectivity index (χ0v) is 11.9. The van der Waals surface area contributed by atoms with Gasteiger partial charge in [0.1, 0.15) is 24.4 Å². The van der Waals surface area contributed by atoms with Crippen molar-refractivity contribution >= 4 is 23.5 Å². The molecule has 0 aliphatic heterocycles. The van der Waals surface area contributed by atoms with Crippen LogP contribution in [-0.4, -0.2) is 33.7 Å². The average Bonchev–Trinajstić information content (AvgIpc) is 2.16. The second kappa shape index (κ2) is 13.0. The third-order valence-electron chi connectivity index (χ3n) is 1.49. The SMILES string of the molecule is CCC(=O)CC(=O)O.CCC(=O)CC(=O)O.[Pt]. The number of rotatable bonds is 6. The van der Waals surface area contributed by atoms with Crippen LogP contribution in [0.4, 0.5) is 0 Å². The quantitative estimate of drug-likeness (QED) is 0.610. The maximum Gasteiger partial charge on any atom is 0.310 e. The summed E-state index contributed by atoms with van der Waals surface area (Å²) in [5.74, 6) is -2.54. The molecule has 0 aromatic heterocycles. The van der Waals surface area contributed by atoms with Crippen LogP contribution in [0.1, 0.15) is 39.5 Å². The van der Waals surface area contributed by atoms with Crippen molar-refractivity contribution in [3.63, 3.8) is 0 Å². The van der Waals surface area contributed by atoms with Gasteiger partial charge >= 0.3 is 11.9 Å². The van der Waals surface area contributed by atoms with Gasteiger partial charge in [0.25, 0.3) is 0 Å². The van der Waals surface area contributed by atoms with E-state index in [2.05, 4.69) is 0 Å². The van der Waals surface area contributed by atoms with Crippen molar-refractivity contribution in [2.45, 2.75) is 39.5 Å². The Morgan fingerprint density at radius 3 is 1.06 bits per heavy atom. The Morgan fingerprint density at radius 1 is 0.765 bits per heavy atom. The molecule has 0 aliphatic carbocycles. The molecule has 0 amide bonds. The third kappa shape index (κ3) is 20.9. The fourth-order valence-corrected chi connectivity index (χ4v) is 0.587. The van der Waals surface area contributed by atoms with E-state index >= 15 is 0 Å². The second-order valence-electron chi connectivity index (χ2n) is 2.93. The molecule has 0 aromatic rings. The first-order valence-electron chi connectivity index (χ1n) is 4.80. The topological polar surface area (TPSA) is 109 Å². The van der Waals surface area contributed by atoms with Crippen LogP contribution in [0.5, 0.6) is 0 Å². The first-order chi connectivity index (χ1) is 7.33. The molecule has 0 saturated carbocycles. The van der Waals surface area contributed by atoms with Crippen LogP contribution in [-0.2, 0) is 40.2 Å². The maximum atomic E-state index is 10.2. The van der Waals surface area contributed by atoms with Crippen LogP contribution in [0, 0.1) is 0 Å². The zero-order valence-electron chi connectivity index (χ0n) is 9.67. The molecule has 0 fully saturated rings. The summed E-state index contributed by atoms with van der Waals surface area (Å²) < 4.78 is 0. The van der Waals surface area contributed by atoms with Crippen LogP contribution in [0.25, 0.3) is 0 Å². The Labute approximate surface area is 114 Å². The summed E-state index contributed by atoms with van der Waals surface area (Å²) in [5, 5.41) is 16.0. The van der Waals surface area contributed by atoms with Crippen molar-refractivity contribution in [1.82, 2.24) is 0 Å². The maximum absolute atomic E-state index is 10.2. The van der Waals surface area contributed by atoms with E-state index < -0.39 is 11.9 Å². The van der Waals surface area contributed by atoms with Crippen molar-refractivity contribution in [2.75, 3.05) is 0 Å². The molecule has 0 atom stereocenters. The van der Waals surface area contributed by atoms with Crippen LogP contribution >= 0.6 is 0 Å². The number of hydrogen-bond donors (Lipinski definition) is 2. The minimum absolute atomic E-state index is 0. The predicted molar refractivity (Wildman–Crippen MR) is 55.1 cm³/mol. The van der Waals surface area contributed by atoms with E-state index in [0.717, 1.165) is 0 Å². The van der Waals surface area contributed by atoms with Gasteiger partial charge in [0.2, 0.25) is 0 Å². The molecule has 0 aliphatic rings. The molecule has 6 nitrogen and oxygen atoms in total. The molecule has 0 heterocycles. The molecule has 0 rings (SSSR count). The van der Waals surface area contributed by atoms with Crippen LogP contribution in [0.15, 0.2) is 0 Å². The molecule has 0 aromatic carbocycles. The summed E-state index contributed by atoms with van der Waals surface area (Å²) in [7, 11) is 0. The van der Waals surface area contributed by atoms with E-state index in [0.29, 0.717) is 12.8 Å². The van der Waals surface area contributed by atoms with Crippen LogP contribution in [0.3, 0.4) is 0 Å². The van der Waals surface area contributed by atoms with E-state index in [1.807, 2.05) is 0 Å². The number of aliphatic carboxylic acids is 2. The Bertz CT molecular complexity index is 246. The standard InChI is InChI=1S/2C5H8O3.Pt/c2*1-2-4(6)3-5(7)8;/h2*2-3H2,1H3,(H,7,8);. The van der Waals surface area contributed by atoms with E-state index in [1.165, 1.54) is 0 Å². The summed E-state index contributed by atoms with van der Waals surface area (Å²) in [5.41, 5.74) is 0. The van der Waals surface area contributed by atoms with Crippen molar-refractivity contribution in [3.8, 4) is 0 Å². The second-order valence-corrected chi connectivity index (χ2v) is 2.93. The molecule has 102 valence electrons. The van der Waals surface area contributed by atoms with Crippen LogP contribution < -0.4 is 0 Å². The van der Waals surface area contributed by atoms with Gasteiger partial charge in [0.05, 0.1) is 0 Å². The largest absolute Gasteiger partial charge is 0.481 e. The fraction of sp³-hybridized carbons (Fsp3) is 0.600. The number of hydrogen-bond acceptors (Lipinski definition) is 4. The number of carbonyl (C=O) groups excluding carboxylic acids is 2. The summed E-state index contributed by atoms with van der Waals surface area (Å²) in [4.78, 5) is 40.0. The molecule has 0 spiro atoms. The van der Waals surface area contributed by atoms with Gasteiger partial charge in [0, 0.05) is 33.9 Å². The van der Waals surface area contributed by atoms with E-state index in [4.69, 9.17) is 10.2 Å². The van der Waals surface area contributed by atoms with Gasteiger partial charge in [-0.3, -0.25) is 19.2 Å². The summed E-state index contributed by atoms with van der Waals surface area (Å²) in [6.07, 6.45) is -0.0500. The summed E-state index contributed by atoms with van der Waals surface area (Å²) in [6.45, 7) is 3.29. The fourth-order valence-electron chi connectivity index (χ4n) is 0.587. The Balaban J connectivity index is -0.000000218. The molecular weight excluding hydrogens is 411 g/mol. The predicted octanol–water partition coefficient (Wildman–Crippen LogP) is 0.878. The van der Waals surface area contributed by atoms with Gasteiger partial charge in [-0.1, -0.05) is 13.8 Å². The first kappa shape index (κ1) is 21.3. The number of Topliss-reactive ketones (excluding diaryl/α,β-unsaturated/α-hetero) is 2. The molecular formula is C10H16O6Pt. The van der Waals surface area contributed by atoms with Gasteiger partial charge in [-0.25, -0.2) is 0 Å². The van der Waals surface area contributed by atoms with Crippen molar-refractivity contribution < 1.29 is 50.5 Å². The Morgan fingerprint density at radius 2 is 1.00 bits per heavy atom. The number of ketones is 2. The summed E-state index contributed by atoms with van der Waals surface area (Å²) in [6, 6.07) is 0. The van der Waals surface area contributed by atoms with Gasteiger partial charge in [-0.05, 0) is 0 Å². The third-order valence-corrected chi connectivity index (χ3v) is 1.49. The number of carboxylic acids is 2. The molecule has 7 heteroatoms. The smallest absolute Gasteiger partial charge is 0.310 e. The molecule has 0 radical (unpaired) electrons. The van der Waals surface area contributed by atoms with Crippen molar-refractivity contribution in [2.24, 2.45) is 0 Å². The van der Waals surface area contributed by atoms with Gasteiger partial charge < -0.3 is 10.2 Å². The van der Waals surface area contributed by atoms with E-state index in [1.54, 1.807) is 13.8 Å². The average molecular weight is 427 g/mol. The van der Waals surface area contributed by atoms with E-state index in [-0.39, 0.29) is 45.5 Å². The van der Waals surface area contributed by atoms with Gasteiger partial charge in [-0.2, -0.15) is 0 Å². The van der Waals surface area contributed by atoms with E-state index in [9.17, 15) is 19.2 Å².